The summed E-state index contributed by atoms with van der Waals surface area (Å²) in [4.78, 5) is 23.5. The molecule has 0 bridgehead atoms. The summed E-state index contributed by atoms with van der Waals surface area (Å²) >= 11 is 0. The van der Waals surface area contributed by atoms with Gasteiger partial charge in [0, 0.05) is 11.6 Å². The van der Waals surface area contributed by atoms with E-state index in [2.05, 4.69) is 24.5 Å². The third kappa shape index (κ3) is 4.48. The Morgan fingerprint density at radius 3 is 2.82 bits per heavy atom. The Labute approximate surface area is 131 Å². The molecule has 0 saturated carbocycles. The van der Waals surface area contributed by atoms with Crippen LogP contribution in [0, 0.1) is 5.92 Å². The number of anilines is 1. The van der Waals surface area contributed by atoms with Crippen LogP contribution in [0.2, 0.25) is 0 Å². The zero-order chi connectivity index (χ0) is 16.1. The minimum absolute atomic E-state index is 0.0102. The van der Waals surface area contributed by atoms with E-state index in [1.54, 1.807) is 18.2 Å². The highest BCUT2D eigenvalue weighted by Crippen LogP contribution is 2.28. The number of benzene rings is 1. The van der Waals surface area contributed by atoms with E-state index in [0.29, 0.717) is 22.9 Å². The standard InChI is InChI=1S/C17H24N2O3/c1-11(2)5-4-6-12(3)18-17(21)13-7-8-14-15(9-13)22-10-16(20)19-14/h7-9,11-12H,4-6,10H2,1-3H3,(H,18,21)(H,19,20). The molecule has 1 aromatic rings. The summed E-state index contributed by atoms with van der Waals surface area (Å²) in [6.45, 7) is 6.42. The van der Waals surface area contributed by atoms with Crippen LogP contribution in [0.15, 0.2) is 18.2 Å². The monoisotopic (exact) mass is 304 g/mol. The molecule has 0 spiro atoms. The van der Waals surface area contributed by atoms with Crippen LogP contribution < -0.4 is 15.4 Å². The fourth-order valence-corrected chi connectivity index (χ4v) is 2.43. The van der Waals surface area contributed by atoms with Crippen molar-refractivity contribution in [3.8, 4) is 5.75 Å². The van der Waals surface area contributed by atoms with E-state index < -0.39 is 0 Å². The molecule has 1 aromatic carbocycles. The summed E-state index contributed by atoms with van der Waals surface area (Å²) in [6, 6.07) is 5.21. The van der Waals surface area contributed by atoms with Crippen LogP contribution in [0.3, 0.4) is 0 Å². The molecule has 0 aromatic heterocycles. The fraction of sp³-hybridized carbons (Fsp3) is 0.529. The van der Waals surface area contributed by atoms with Crippen molar-refractivity contribution in [1.82, 2.24) is 5.32 Å². The summed E-state index contributed by atoms with van der Waals surface area (Å²) in [6.07, 6.45) is 3.26. The predicted octanol–water partition coefficient (Wildman–Crippen LogP) is 2.96. The molecule has 0 saturated heterocycles. The molecule has 120 valence electrons. The molecular formula is C17H24N2O3. The Bertz CT molecular complexity index is 555. The molecular weight excluding hydrogens is 280 g/mol. The van der Waals surface area contributed by atoms with Gasteiger partial charge in [0.2, 0.25) is 0 Å². The van der Waals surface area contributed by atoms with Crippen molar-refractivity contribution in [3.63, 3.8) is 0 Å². The predicted molar refractivity (Wildman–Crippen MR) is 86.2 cm³/mol. The van der Waals surface area contributed by atoms with Gasteiger partial charge in [0.15, 0.2) is 6.61 Å². The Morgan fingerprint density at radius 2 is 2.09 bits per heavy atom. The van der Waals surface area contributed by atoms with E-state index in [4.69, 9.17) is 4.74 Å². The zero-order valence-electron chi connectivity index (χ0n) is 13.4. The lowest BCUT2D eigenvalue weighted by Crippen LogP contribution is -2.32. The van der Waals surface area contributed by atoms with Gasteiger partial charge in [0.1, 0.15) is 5.75 Å². The number of carbonyl (C=O) groups is 2. The Balaban J connectivity index is 1.91. The number of carbonyl (C=O) groups excluding carboxylic acids is 2. The van der Waals surface area contributed by atoms with Crippen molar-refractivity contribution in [1.29, 1.82) is 0 Å². The SMILES string of the molecule is CC(C)CCCC(C)NC(=O)c1ccc2c(c1)OCC(=O)N2. The molecule has 22 heavy (non-hydrogen) atoms. The van der Waals surface area contributed by atoms with E-state index >= 15 is 0 Å². The molecule has 1 aliphatic heterocycles. The summed E-state index contributed by atoms with van der Waals surface area (Å²) in [5, 5.41) is 5.71. The number of rotatable bonds is 6. The summed E-state index contributed by atoms with van der Waals surface area (Å²) in [5.41, 5.74) is 1.16. The first-order valence-electron chi connectivity index (χ1n) is 7.83. The quantitative estimate of drug-likeness (QED) is 0.849. The highest BCUT2D eigenvalue weighted by molar-refractivity contribution is 5.99. The van der Waals surface area contributed by atoms with Crippen LogP contribution >= 0.6 is 0 Å². The van der Waals surface area contributed by atoms with Gasteiger partial charge in [-0.1, -0.05) is 26.7 Å². The Morgan fingerprint density at radius 1 is 1.32 bits per heavy atom. The van der Waals surface area contributed by atoms with Crippen molar-refractivity contribution in [2.75, 3.05) is 11.9 Å². The number of hydrogen-bond acceptors (Lipinski definition) is 3. The number of hydrogen-bond donors (Lipinski definition) is 2. The van der Waals surface area contributed by atoms with Gasteiger partial charge in [-0.2, -0.15) is 0 Å². The van der Waals surface area contributed by atoms with Gasteiger partial charge < -0.3 is 15.4 Å². The van der Waals surface area contributed by atoms with E-state index in [-0.39, 0.29) is 24.5 Å². The first kappa shape index (κ1) is 16.3. The van der Waals surface area contributed by atoms with Gasteiger partial charge in [0.05, 0.1) is 5.69 Å². The van der Waals surface area contributed by atoms with Gasteiger partial charge >= 0.3 is 0 Å². The molecule has 1 heterocycles. The second kappa shape index (κ2) is 7.29. The number of ether oxygens (including phenoxy) is 1. The average molecular weight is 304 g/mol. The van der Waals surface area contributed by atoms with E-state index in [1.807, 2.05) is 6.92 Å². The second-order valence-electron chi connectivity index (χ2n) is 6.25. The van der Waals surface area contributed by atoms with Crippen molar-refractivity contribution in [2.24, 2.45) is 5.92 Å². The fourth-order valence-electron chi connectivity index (χ4n) is 2.43. The van der Waals surface area contributed by atoms with E-state index in [1.165, 1.54) is 6.42 Å². The molecule has 0 aliphatic carbocycles. The molecule has 1 unspecified atom stereocenters. The Kier molecular flexibility index (Phi) is 5.41. The van der Waals surface area contributed by atoms with Crippen LogP contribution in [0.4, 0.5) is 5.69 Å². The zero-order valence-corrected chi connectivity index (χ0v) is 13.4. The first-order valence-corrected chi connectivity index (χ1v) is 7.83. The lowest BCUT2D eigenvalue weighted by molar-refractivity contribution is -0.118. The maximum absolute atomic E-state index is 12.2. The van der Waals surface area contributed by atoms with Gasteiger partial charge in [-0.05, 0) is 37.5 Å². The minimum Gasteiger partial charge on any atom is -0.482 e. The maximum Gasteiger partial charge on any atom is 0.262 e. The van der Waals surface area contributed by atoms with E-state index in [9.17, 15) is 9.59 Å². The lowest BCUT2D eigenvalue weighted by atomic mass is 10.0. The van der Waals surface area contributed by atoms with Crippen molar-refractivity contribution in [3.05, 3.63) is 23.8 Å². The number of amides is 2. The molecule has 2 rings (SSSR count). The third-order valence-electron chi connectivity index (χ3n) is 3.67. The molecule has 0 fully saturated rings. The molecule has 1 atom stereocenters. The van der Waals surface area contributed by atoms with Crippen molar-refractivity contribution >= 4 is 17.5 Å². The summed E-state index contributed by atoms with van der Waals surface area (Å²) in [5.74, 6) is 0.944. The molecule has 5 heteroatoms. The lowest BCUT2D eigenvalue weighted by Gasteiger charge is -2.19. The van der Waals surface area contributed by atoms with Crippen molar-refractivity contribution in [2.45, 2.75) is 46.1 Å². The molecule has 5 nitrogen and oxygen atoms in total. The third-order valence-corrected chi connectivity index (χ3v) is 3.67. The number of nitrogens with one attached hydrogen (secondary N) is 2. The largest absolute Gasteiger partial charge is 0.482 e. The summed E-state index contributed by atoms with van der Waals surface area (Å²) < 4.78 is 5.33. The van der Waals surface area contributed by atoms with Gasteiger partial charge in [-0.15, -0.1) is 0 Å². The Hall–Kier alpha value is -2.04. The second-order valence-corrected chi connectivity index (χ2v) is 6.25. The average Bonchev–Trinajstić information content (AvgIpc) is 2.46. The molecule has 1 aliphatic rings. The molecule has 2 N–H and O–H groups in total. The van der Waals surface area contributed by atoms with Crippen LogP contribution in [0.1, 0.15) is 50.4 Å². The van der Waals surface area contributed by atoms with Crippen LogP contribution in [0.5, 0.6) is 5.75 Å². The molecule has 0 radical (unpaired) electrons. The van der Waals surface area contributed by atoms with Crippen LogP contribution in [0.25, 0.3) is 0 Å². The van der Waals surface area contributed by atoms with Crippen LogP contribution in [-0.2, 0) is 4.79 Å². The highest BCUT2D eigenvalue weighted by atomic mass is 16.5. The normalized spacial score (nSPS) is 14.8. The van der Waals surface area contributed by atoms with E-state index in [0.717, 1.165) is 12.8 Å². The molecule has 2 amide bonds. The maximum atomic E-state index is 12.2. The topological polar surface area (TPSA) is 67.4 Å². The van der Waals surface area contributed by atoms with Crippen molar-refractivity contribution < 1.29 is 14.3 Å². The minimum atomic E-state index is -0.177. The van der Waals surface area contributed by atoms with Crippen LogP contribution in [-0.4, -0.2) is 24.5 Å². The number of fused-ring (bicyclic) bond motifs is 1. The first-order chi connectivity index (χ1) is 10.5. The van der Waals surface area contributed by atoms with Gasteiger partial charge in [-0.25, -0.2) is 0 Å². The van der Waals surface area contributed by atoms with Gasteiger partial charge in [0.25, 0.3) is 11.8 Å². The summed E-state index contributed by atoms with van der Waals surface area (Å²) in [7, 11) is 0. The highest BCUT2D eigenvalue weighted by Gasteiger charge is 2.18. The van der Waals surface area contributed by atoms with Gasteiger partial charge in [-0.3, -0.25) is 9.59 Å². The smallest absolute Gasteiger partial charge is 0.262 e.